The van der Waals surface area contributed by atoms with Crippen LogP contribution in [0.15, 0.2) is 0 Å². The van der Waals surface area contributed by atoms with Crippen molar-refractivity contribution in [2.24, 2.45) is 0 Å². The number of carbonyl (C=O) groups excluding carboxylic acids is 4. The number of ketones is 2. The maximum Gasteiger partial charge on any atom is 0.313 e. The first-order valence-corrected chi connectivity index (χ1v) is 6.90. The molecule has 0 aliphatic carbocycles. The molecule has 0 bridgehead atoms. The normalized spacial score (nSPS) is 32.7. The molecule has 0 aromatic rings. The van der Waals surface area contributed by atoms with Gasteiger partial charge in [-0.3, -0.25) is 19.2 Å². The smallest absolute Gasteiger partial charge is 0.313 e. The molecule has 0 amide bonds. The minimum Gasteiger partial charge on any atom is -0.462 e. The van der Waals surface area contributed by atoms with Crippen molar-refractivity contribution in [2.75, 3.05) is 0 Å². The Balaban J connectivity index is 2.01. The zero-order valence-corrected chi connectivity index (χ0v) is 12.0. The zero-order valence-electron chi connectivity index (χ0n) is 12.0. The lowest BCUT2D eigenvalue weighted by Gasteiger charge is -2.18. The molecule has 2 saturated heterocycles. The first-order chi connectivity index (χ1) is 9.85. The maximum atomic E-state index is 11.8. The number of hydrogen-bond acceptors (Lipinski definition) is 7. The number of carbonyl (C=O) groups is 4. The summed E-state index contributed by atoms with van der Waals surface area (Å²) >= 11 is 0. The number of hydrogen-bond donors (Lipinski definition) is 0. The van der Waals surface area contributed by atoms with Crippen LogP contribution < -0.4 is 0 Å². The van der Waals surface area contributed by atoms with E-state index in [1.54, 1.807) is 6.92 Å². The van der Waals surface area contributed by atoms with Gasteiger partial charge in [0.1, 0.15) is 42.7 Å². The van der Waals surface area contributed by atoms with Gasteiger partial charge in [0.2, 0.25) is 0 Å². The molecule has 2 rings (SSSR count). The Morgan fingerprint density at radius 1 is 1.33 bits per heavy atom. The van der Waals surface area contributed by atoms with Gasteiger partial charge < -0.3 is 14.2 Å². The van der Waals surface area contributed by atoms with E-state index in [0.717, 1.165) is 0 Å². The van der Waals surface area contributed by atoms with E-state index in [0.29, 0.717) is 6.42 Å². The Hall–Kier alpha value is -1.76. The van der Waals surface area contributed by atoms with E-state index in [4.69, 9.17) is 14.2 Å². The number of fused-ring (bicyclic) bond motifs is 1. The number of ether oxygens (including phenoxy) is 3. The maximum absolute atomic E-state index is 11.8. The second-order valence-electron chi connectivity index (χ2n) is 5.50. The molecule has 0 aromatic carbocycles. The third-order valence-corrected chi connectivity index (χ3v) is 3.33. The molecule has 0 spiro atoms. The predicted molar refractivity (Wildman–Crippen MR) is 68.3 cm³/mol. The summed E-state index contributed by atoms with van der Waals surface area (Å²) in [6.45, 7) is 3.01. The van der Waals surface area contributed by atoms with Gasteiger partial charge in [-0.15, -0.1) is 0 Å². The van der Waals surface area contributed by atoms with Gasteiger partial charge >= 0.3 is 11.9 Å². The highest BCUT2D eigenvalue weighted by atomic mass is 16.6. The van der Waals surface area contributed by atoms with E-state index in [1.165, 1.54) is 6.92 Å². The molecular formula is C14H18O7. The van der Waals surface area contributed by atoms with Crippen LogP contribution in [0.5, 0.6) is 0 Å². The molecule has 2 fully saturated rings. The molecule has 116 valence electrons. The molecule has 7 heteroatoms. The zero-order chi connectivity index (χ0) is 15.6. The molecule has 4 unspecified atom stereocenters. The summed E-state index contributed by atoms with van der Waals surface area (Å²) in [7, 11) is 0. The summed E-state index contributed by atoms with van der Waals surface area (Å²) in [4.78, 5) is 45.7. The van der Waals surface area contributed by atoms with Crippen molar-refractivity contribution in [3.8, 4) is 0 Å². The Morgan fingerprint density at radius 2 is 2.05 bits per heavy atom. The monoisotopic (exact) mass is 298 g/mol. The third-order valence-electron chi connectivity index (χ3n) is 3.33. The van der Waals surface area contributed by atoms with Gasteiger partial charge in [0.05, 0.1) is 6.10 Å². The second-order valence-corrected chi connectivity index (χ2v) is 5.50. The van der Waals surface area contributed by atoms with Crippen LogP contribution in [0.25, 0.3) is 0 Å². The van der Waals surface area contributed by atoms with Crippen molar-refractivity contribution >= 4 is 23.5 Å². The Labute approximate surface area is 121 Å². The summed E-state index contributed by atoms with van der Waals surface area (Å²) in [5.74, 6) is -1.94. The third kappa shape index (κ3) is 4.63. The molecule has 0 radical (unpaired) electrons. The van der Waals surface area contributed by atoms with Gasteiger partial charge in [-0.05, 0) is 13.8 Å². The van der Waals surface area contributed by atoms with Gasteiger partial charge in [0.15, 0.2) is 0 Å². The first-order valence-electron chi connectivity index (χ1n) is 6.90. The standard InChI is InChI=1S/C14H18O7/c1-7(15)3-12(17)20-11-5-9(16)6-13(18)19-8(2)4-10-14(11)21-10/h8,10-11,14H,3-6H2,1-2H3. The fourth-order valence-electron chi connectivity index (χ4n) is 2.41. The van der Waals surface area contributed by atoms with Crippen molar-refractivity contribution in [3.63, 3.8) is 0 Å². The van der Waals surface area contributed by atoms with Gasteiger partial charge in [0, 0.05) is 12.8 Å². The molecule has 0 N–H and O–H groups in total. The van der Waals surface area contributed by atoms with E-state index in [-0.39, 0.29) is 49.1 Å². The minimum atomic E-state index is -0.743. The van der Waals surface area contributed by atoms with E-state index >= 15 is 0 Å². The van der Waals surface area contributed by atoms with Gasteiger partial charge in [0.25, 0.3) is 0 Å². The number of esters is 2. The highest BCUT2D eigenvalue weighted by Crippen LogP contribution is 2.34. The highest BCUT2D eigenvalue weighted by molar-refractivity contribution is 5.96. The molecule has 4 atom stereocenters. The topological polar surface area (TPSA) is 99.3 Å². The highest BCUT2D eigenvalue weighted by Gasteiger charge is 2.49. The lowest BCUT2D eigenvalue weighted by Crippen LogP contribution is -2.32. The molecule has 0 saturated carbocycles. The van der Waals surface area contributed by atoms with E-state index in [9.17, 15) is 19.2 Å². The summed E-state index contributed by atoms with van der Waals surface area (Å²) < 4.78 is 15.7. The SMILES string of the molecule is CC(=O)CC(=O)OC1CC(=O)CC(=O)OC(C)CC2OC12. The van der Waals surface area contributed by atoms with Crippen LogP contribution >= 0.6 is 0 Å². The summed E-state index contributed by atoms with van der Waals surface area (Å²) in [6.07, 6.45) is -1.96. The van der Waals surface area contributed by atoms with Crippen LogP contribution in [-0.4, -0.2) is 47.9 Å². The number of epoxide rings is 1. The molecule has 2 aliphatic heterocycles. The van der Waals surface area contributed by atoms with Crippen LogP contribution in [0.4, 0.5) is 0 Å². The lowest BCUT2D eigenvalue weighted by atomic mass is 10.0. The number of Topliss-reactive ketones (excluding diaryl/α,β-unsaturated/α-hetero) is 2. The van der Waals surface area contributed by atoms with Crippen molar-refractivity contribution < 1.29 is 33.4 Å². The Bertz CT molecular complexity index is 468. The van der Waals surface area contributed by atoms with Crippen LogP contribution in [0.2, 0.25) is 0 Å². The van der Waals surface area contributed by atoms with Gasteiger partial charge in [-0.25, -0.2) is 0 Å². The fraction of sp³-hybridized carbons (Fsp3) is 0.714. The lowest BCUT2D eigenvalue weighted by molar-refractivity contribution is -0.153. The van der Waals surface area contributed by atoms with Crippen LogP contribution in [0.1, 0.15) is 39.5 Å². The summed E-state index contributed by atoms with van der Waals surface area (Å²) in [6, 6.07) is 0. The van der Waals surface area contributed by atoms with Crippen molar-refractivity contribution in [3.05, 3.63) is 0 Å². The summed E-state index contributed by atoms with van der Waals surface area (Å²) in [5.41, 5.74) is 0. The Morgan fingerprint density at radius 3 is 2.71 bits per heavy atom. The van der Waals surface area contributed by atoms with E-state index in [1.807, 2.05) is 0 Å². The van der Waals surface area contributed by atoms with Crippen LogP contribution in [0, 0.1) is 0 Å². The van der Waals surface area contributed by atoms with Crippen LogP contribution in [-0.2, 0) is 33.4 Å². The first kappa shape index (κ1) is 15.6. The van der Waals surface area contributed by atoms with Gasteiger partial charge in [-0.1, -0.05) is 0 Å². The molecule has 7 nitrogen and oxygen atoms in total. The molecule has 2 aliphatic rings. The molecule has 21 heavy (non-hydrogen) atoms. The molecule has 2 heterocycles. The molecular weight excluding hydrogens is 280 g/mol. The number of cyclic esters (lactones) is 1. The quantitative estimate of drug-likeness (QED) is 0.420. The average molecular weight is 298 g/mol. The van der Waals surface area contributed by atoms with Crippen LogP contribution in [0.3, 0.4) is 0 Å². The Kier molecular flexibility index (Phi) is 4.72. The summed E-state index contributed by atoms with van der Waals surface area (Å²) in [5, 5.41) is 0. The van der Waals surface area contributed by atoms with Gasteiger partial charge in [-0.2, -0.15) is 0 Å². The average Bonchev–Trinajstić information content (AvgIpc) is 3.04. The van der Waals surface area contributed by atoms with Crippen molar-refractivity contribution in [1.82, 2.24) is 0 Å². The fourth-order valence-corrected chi connectivity index (χ4v) is 2.41. The van der Waals surface area contributed by atoms with Crippen molar-refractivity contribution in [2.45, 2.75) is 63.9 Å². The predicted octanol–water partition coefficient (Wildman–Crippen LogP) is 0.329. The second kappa shape index (κ2) is 6.34. The van der Waals surface area contributed by atoms with E-state index < -0.39 is 18.0 Å². The molecule has 0 aromatic heterocycles. The largest absolute Gasteiger partial charge is 0.462 e. The van der Waals surface area contributed by atoms with Crippen molar-refractivity contribution in [1.29, 1.82) is 0 Å². The number of rotatable bonds is 3. The minimum absolute atomic E-state index is 0.103. The van der Waals surface area contributed by atoms with E-state index in [2.05, 4.69) is 0 Å².